The van der Waals surface area contributed by atoms with Crippen molar-refractivity contribution in [3.63, 3.8) is 0 Å². The van der Waals surface area contributed by atoms with Crippen molar-refractivity contribution < 1.29 is 4.79 Å². The van der Waals surface area contributed by atoms with Crippen LogP contribution in [0, 0.1) is 23.2 Å². The van der Waals surface area contributed by atoms with Gasteiger partial charge in [0.15, 0.2) is 0 Å². The van der Waals surface area contributed by atoms with Gasteiger partial charge in [0.25, 0.3) is 0 Å². The second kappa shape index (κ2) is 6.19. The molecule has 1 aromatic heterocycles. The molecular weight excluding hydrogens is 360 g/mol. The Morgan fingerprint density at radius 1 is 1.24 bits per heavy atom. The van der Waals surface area contributed by atoms with E-state index in [9.17, 15) is 4.79 Å². The van der Waals surface area contributed by atoms with Crippen LogP contribution >= 0.6 is 0 Å². The molecule has 1 amide bonds. The molecule has 2 saturated carbocycles. The molecule has 5 nitrogen and oxygen atoms in total. The molecule has 3 heterocycles. The van der Waals surface area contributed by atoms with Gasteiger partial charge in [0.2, 0.25) is 5.91 Å². The minimum atomic E-state index is -0.175. The standard InChI is InChI=1S/C24H34N4O/c1-23(2)18-6-5-17(19(23)13-18)14-27-11-8-24(9-12-27)21-20(25-15-26-21)7-10-28(24)22(29)16-3-4-16/h5,15-16,18-19H,3-4,6-14H2,1-2H3,(H,25,26)/t18-,19-/m0/s1. The maximum atomic E-state index is 13.1. The molecule has 1 N–H and O–H groups in total. The molecule has 3 fully saturated rings. The predicted octanol–water partition coefficient (Wildman–Crippen LogP) is 3.49. The number of nitrogens with one attached hydrogen (secondary N) is 1. The average molecular weight is 395 g/mol. The Morgan fingerprint density at radius 2 is 2.03 bits per heavy atom. The SMILES string of the molecule is CC1(C)[C@H]2CC=C(CN3CCC4(CC3)c3nc[nH]c3CCN4C(=O)C3CC3)[C@@H]1C2. The van der Waals surface area contributed by atoms with Crippen LogP contribution in [0.4, 0.5) is 0 Å². The number of aromatic nitrogens is 2. The van der Waals surface area contributed by atoms with Crippen molar-refractivity contribution in [1.29, 1.82) is 0 Å². The zero-order chi connectivity index (χ0) is 19.8. The van der Waals surface area contributed by atoms with Crippen molar-refractivity contribution in [3.05, 3.63) is 29.4 Å². The van der Waals surface area contributed by atoms with Gasteiger partial charge in [-0.3, -0.25) is 9.69 Å². The van der Waals surface area contributed by atoms with E-state index < -0.39 is 0 Å². The quantitative estimate of drug-likeness (QED) is 0.799. The Kier molecular flexibility index (Phi) is 3.88. The first kappa shape index (κ1) is 18.2. The molecule has 1 saturated heterocycles. The Balaban J connectivity index is 1.21. The molecule has 4 aliphatic carbocycles. The van der Waals surface area contributed by atoms with E-state index in [0.29, 0.717) is 11.3 Å². The Bertz CT molecular complexity index is 856. The Morgan fingerprint density at radius 3 is 2.72 bits per heavy atom. The van der Waals surface area contributed by atoms with Crippen molar-refractivity contribution in [3.8, 4) is 0 Å². The molecular formula is C24H34N4O. The molecule has 2 atom stereocenters. The van der Waals surface area contributed by atoms with Crippen molar-refractivity contribution in [2.24, 2.45) is 23.2 Å². The molecule has 6 aliphatic rings. The number of aromatic amines is 1. The first-order valence-electron chi connectivity index (χ1n) is 11.7. The number of rotatable bonds is 3. The third-order valence-corrected chi connectivity index (χ3v) is 9.13. The van der Waals surface area contributed by atoms with Crippen LogP contribution in [-0.4, -0.2) is 51.9 Å². The number of carbonyl (C=O) groups is 1. The van der Waals surface area contributed by atoms with Crippen LogP contribution in [-0.2, 0) is 16.8 Å². The molecule has 5 heteroatoms. The fourth-order valence-corrected chi connectivity index (χ4v) is 6.85. The number of nitrogens with zero attached hydrogens (tertiary/aromatic N) is 3. The summed E-state index contributed by atoms with van der Waals surface area (Å²) < 4.78 is 0. The third-order valence-electron chi connectivity index (χ3n) is 9.13. The van der Waals surface area contributed by atoms with Crippen LogP contribution in [0.5, 0.6) is 0 Å². The Labute approximate surface area is 173 Å². The van der Waals surface area contributed by atoms with Crippen molar-refractivity contribution in [1.82, 2.24) is 19.8 Å². The number of hydrogen-bond acceptors (Lipinski definition) is 3. The van der Waals surface area contributed by atoms with Crippen molar-refractivity contribution in [2.75, 3.05) is 26.2 Å². The number of carbonyl (C=O) groups excluding carboxylic acids is 1. The highest BCUT2D eigenvalue weighted by atomic mass is 16.2. The number of hydrogen-bond donors (Lipinski definition) is 1. The van der Waals surface area contributed by atoms with Crippen LogP contribution in [0.15, 0.2) is 18.0 Å². The van der Waals surface area contributed by atoms with Crippen LogP contribution in [0.1, 0.15) is 63.8 Å². The summed E-state index contributed by atoms with van der Waals surface area (Å²) in [5.41, 5.74) is 4.43. The zero-order valence-electron chi connectivity index (χ0n) is 17.9. The van der Waals surface area contributed by atoms with E-state index in [0.717, 1.165) is 75.8 Å². The summed E-state index contributed by atoms with van der Waals surface area (Å²) in [5.74, 6) is 2.37. The Hall–Kier alpha value is -1.62. The number of imidazole rings is 1. The van der Waals surface area contributed by atoms with Gasteiger partial charge in [0, 0.05) is 44.2 Å². The smallest absolute Gasteiger partial charge is 0.226 e. The maximum Gasteiger partial charge on any atom is 0.226 e. The zero-order valence-corrected chi connectivity index (χ0v) is 17.9. The monoisotopic (exact) mass is 394 g/mol. The van der Waals surface area contributed by atoms with Crippen molar-refractivity contribution >= 4 is 5.91 Å². The normalized spacial score (nSPS) is 32.5. The topological polar surface area (TPSA) is 52.2 Å². The largest absolute Gasteiger partial charge is 0.348 e. The minimum Gasteiger partial charge on any atom is -0.348 e. The van der Waals surface area contributed by atoms with Gasteiger partial charge in [0.05, 0.1) is 17.6 Å². The van der Waals surface area contributed by atoms with Gasteiger partial charge in [0.1, 0.15) is 0 Å². The summed E-state index contributed by atoms with van der Waals surface area (Å²) in [6, 6.07) is 0. The number of allylic oxidation sites excluding steroid dienone is 1. The highest BCUT2D eigenvalue weighted by Gasteiger charge is 2.53. The molecule has 0 radical (unpaired) electrons. The average Bonchev–Trinajstić information content (AvgIpc) is 3.46. The van der Waals surface area contributed by atoms with E-state index in [1.165, 1.54) is 18.5 Å². The van der Waals surface area contributed by atoms with Gasteiger partial charge in [-0.25, -0.2) is 4.98 Å². The van der Waals surface area contributed by atoms with Gasteiger partial charge in [-0.15, -0.1) is 0 Å². The number of likely N-dealkylation sites (tertiary alicyclic amines) is 1. The molecule has 0 aromatic carbocycles. The summed E-state index contributed by atoms with van der Waals surface area (Å²) in [6.07, 6.45) is 12.2. The number of piperidine rings is 1. The summed E-state index contributed by atoms with van der Waals surface area (Å²) in [5, 5.41) is 0. The molecule has 2 aliphatic heterocycles. The first-order chi connectivity index (χ1) is 14.0. The van der Waals surface area contributed by atoms with Crippen molar-refractivity contribution in [2.45, 2.75) is 64.3 Å². The fraction of sp³-hybridized carbons (Fsp3) is 0.750. The van der Waals surface area contributed by atoms with Crippen LogP contribution < -0.4 is 0 Å². The lowest BCUT2D eigenvalue weighted by Crippen LogP contribution is -2.59. The summed E-state index contributed by atoms with van der Waals surface area (Å²) in [6.45, 7) is 9.04. The lowest BCUT2D eigenvalue weighted by atomic mass is 9.49. The summed E-state index contributed by atoms with van der Waals surface area (Å²) >= 11 is 0. The first-order valence-corrected chi connectivity index (χ1v) is 11.7. The lowest BCUT2D eigenvalue weighted by molar-refractivity contribution is -0.143. The second-order valence-corrected chi connectivity index (χ2v) is 10.9. The van der Waals surface area contributed by atoms with E-state index in [4.69, 9.17) is 4.98 Å². The summed E-state index contributed by atoms with van der Waals surface area (Å²) in [7, 11) is 0. The molecule has 29 heavy (non-hydrogen) atoms. The van der Waals surface area contributed by atoms with Gasteiger partial charge >= 0.3 is 0 Å². The second-order valence-electron chi connectivity index (χ2n) is 10.9. The maximum absolute atomic E-state index is 13.1. The molecule has 1 spiro atoms. The van der Waals surface area contributed by atoms with E-state index in [-0.39, 0.29) is 11.5 Å². The van der Waals surface area contributed by atoms with E-state index in [1.807, 2.05) is 6.33 Å². The van der Waals surface area contributed by atoms with Gasteiger partial charge < -0.3 is 9.88 Å². The molecule has 7 rings (SSSR count). The van der Waals surface area contributed by atoms with Crippen LogP contribution in [0.25, 0.3) is 0 Å². The van der Waals surface area contributed by atoms with Crippen LogP contribution in [0.3, 0.4) is 0 Å². The van der Waals surface area contributed by atoms with E-state index in [2.05, 4.69) is 34.7 Å². The van der Waals surface area contributed by atoms with Gasteiger partial charge in [-0.05, 0) is 55.8 Å². The number of fused-ring (bicyclic) bond motifs is 3. The summed E-state index contributed by atoms with van der Waals surface area (Å²) in [4.78, 5) is 26.1. The minimum absolute atomic E-state index is 0.175. The predicted molar refractivity (Wildman–Crippen MR) is 112 cm³/mol. The van der Waals surface area contributed by atoms with E-state index in [1.54, 1.807) is 5.57 Å². The van der Waals surface area contributed by atoms with Gasteiger partial charge in [-0.2, -0.15) is 0 Å². The highest BCUT2D eigenvalue weighted by Crippen LogP contribution is 2.59. The fourth-order valence-electron chi connectivity index (χ4n) is 6.85. The van der Waals surface area contributed by atoms with Gasteiger partial charge in [-0.1, -0.05) is 25.5 Å². The molecule has 156 valence electrons. The van der Waals surface area contributed by atoms with Crippen LogP contribution in [0.2, 0.25) is 0 Å². The van der Waals surface area contributed by atoms with E-state index >= 15 is 0 Å². The third kappa shape index (κ3) is 2.62. The molecule has 1 aromatic rings. The number of amides is 1. The highest BCUT2D eigenvalue weighted by molar-refractivity contribution is 5.82. The lowest BCUT2D eigenvalue weighted by Gasteiger charge is -2.57. The molecule has 2 bridgehead atoms. The molecule has 0 unspecified atom stereocenters. The number of H-pyrrole nitrogens is 1.